The molecule has 1 saturated heterocycles. The molecule has 1 fully saturated rings. The monoisotopic (exact) mass is 581 g/mol. The summed E-state index contributed by atoms with van der Waals surface area (Å²) in [5.41, 5.74) is 3.12. The molecule has 0 aliphatic carbocycles. The lowest BCUT2D eigenvalue weighted by atomic mass is 9.84. The summed E-state index contributed by atoms with van der Waals surface area (Å²) in [4.78, 5) is 27.7. The number of hydrogen-bond acceptors (Lipinski definition) is 5. The van der Waals surface area contributed by atoms with Crippen LogP contribution in [-0.4, -0.2) is 53.4 Å². The second-order valence-electron chi connectivity index (χ2n) is 10.8. The molecule has 0 unspecified atom stereocenters. The molecule has 4 atom stereocenters. The zero-order valence-electron chi connectivity index (χ0n) is 22.6. The van der Waals surface area contributed by atoms with E-state index >= 15 is 0 Å². The van der Waals surface area contributed by atoms with Gasteiger partial charge >= 0.3 is 12.2 Å². The van der Waals surface area contributed by atoms with Crippen molar-refractivity contribution < 1.29 is 37.3 Å². The van der Waals surface area contributed by atoms with Crippen molar-refractivity contribution in [1.82, 2.24) is 4.90 Å². The molecular weight excluding hydrogens is 551 g/mol. The van der Waals surface area contributed by atoms with E-state index in [1.54, 1.807) is 18.2 Å². The third-order valence-corrected chi connectivity index (χ3v) is 8.11. The Kier molecular flexibility index (Phi) is 7.54. The number of carbonyl (C=O) groups excluding carboxylic acids is 2. The average Bonchev–Trinajstić information content (AvgIpc) is 3.34. The van der Waals surface area contributed by atoms with Gasteiger partial charge in [0.25, 0.3) is 0 Å². The summed E-state index contributed by atoms with van der Waals surface area (Å²) < 4.78 is 50.7. The van der Waals surface area contributed by atoms with Crippen LogP contribution in [0.5, 0.6) is 5.75 Å². The van der Waals surface area contributed by atoms with Crippen molar-refractivity contribution in [3.8, 4) is 5.75 Å². The largest absolute Gasteiger partial charge is 0.487 e. The molecule has 6 rings (SSSR count). The number of anilines is 2. The van der Waals surface area contributed by atoms with Crippen molar-refractivity contribution in [3.63, 3.8) is 0 Å². The van der Waals surface area contributed by atoms with Crippen LogP contribution in [0, 0.1) is 0 Å². The number of urea groups is 1. The third kappa shape index (κ3) is 5.79. The highest BCUT2D eigenvalue weighted by molar-refractivity contribution is 5.99. The maximum Gasteiger partial charge on any atom is 0.416 e. The molecule has 42 heavy (non-hydrogen) atoms. The van der Waals surface area contributed by atoms with Gasteiger partial charge in [-0.2, -0.15) is 13.2 Å². The summed E-state index contributed by atoms with van der Waals surface area (Å²) in [5, 5.41) is 15.3. The summed E-state index contributed by atoms with van der Waals surface area (Å²) in [6, 6.07) is 16.8. The molecule has 8 nitrogen and oxygen atoms in total. The molecule has 3 aliphatic rings. The van der Waals surface area contributed by atoms with Gasteiger partial charge in [-0.3, -0.25) is 4.79 Å². The van der Waals surface area contributed by atoms with Crippen LogP contribution in [0.3, 0.4) is 0 Å². The van der Waals surface area contributed by atoms with Gasteiger partial charge < -0.3 is 30.1 Å². The zero-order valence-corrected chi connectivity index (χ0v) is 22.6. The number of halogens is 3. The molecule has 3 heterocycles. The first-order chi connectivity index (χ1) is 20.2. The van der Waals surface area contributed by atoms with Crippen molar-refractivity contribution in [3.05, 3.63) is 89.0 Å². The van der Waals surface area contributed by atoms with E-state index in [-0.39, 0.29) is 30.5 Å². The number of benzene rings is 3. The maximum atomic E-state index is 13.2. The van der Waals surface area contributed by atoms with Crippen LogP contribution in [0.25, 0.3) is 0 Å². The minimum Gasteiger partial charge on any atom is -0.487 e. The molecule has 0 bridgehead atoms. The standard InChI is InChI=1S/C31H30F3N3O5/c32-31(33,34)20-5-7-21(8-6-20)35-30(40)36-22-9-10-26-24(13-22)25-14-23(41-27(17-38)29(25)42-26)15-28(39)37-12-11-18-3-1-2-4-19(18)16-37/h1-10,13,23,25,27,29,38H,11-12,14-17H2,(H2,35,36,40)/t23-,25-,27-,29+/m1/s1. The highest BCUT2D eigenvalue weighted by Crippen LogP contribution is 2.47. The van der Waals surface area contributed by atoms with Crippen LogP contribution in [0.1, 0.15) is 41.0 Å². The SMILES string of the molecule is O=C(Nc1ccc(C(F)(F)F)cc1)Nc1ccc2c(c1)[C@H]1C[C@H](CC(=O)N3CCc4ccccc4C3)O[C@H](CO)[C@H]1O2. The number of fused-ring (bicyclic) bond motifs is 4. The van der Waals surface area contributed by atoms with Gasteiger partial charge in [0.15, 0.2) is 0 Å². The molecule has 3 N–H and O–H groups in total. The molecule has 0 aromatic heterocycles. The van der Waals surface area contributed by atoms with Crippen molar-refractivity contribution in [2.24, 2.45) is 0 Å². The normalized spacial score (nSPS) is 22.8. The summed E-state index contributed by atoms with van der Waals surface area (Å²) in [7, 11) is 0. The molecule has 3 aromatic rings. The predicted molar refractivity (Wildman–Crippen MR) is 148 cm³/mol. The first-order valence-electron chi connectivity index (χ1n) is 13.8. The molecule has 11 heteroatoms. The molecule has 0 saturated carbocycles. The van der Waals surface area contributed by atoms with Crippen LogP contribution in [0.15, 0.2) is 66.7 Å². The molecular formula is C31H30F3N3O5. The Hall–Kier alpha value is -4.09. The van der Waals surface area contributed by atoms with Crippen molar-refractivity contribution in [2.45, 2.75) is 56.2 Å². The lowest BCUT2D eigenvalue weighted by Gasteiger charge is -2.38. The van der Waals surface area contributed by atoms with Gasteiger partial charge in [0.05, 0.1) is 24.7 Å². The maximum absolute atomic E-state index is 13.2. The number of ether oxygens (including phenoxy) is 2. The molecule has 220 valence electrons. The Morgan fingerprint density at radius 1 is 0.976 bits per heavy atom. The Morgan fingerprint density at radius 2 is 1.69 bits per heavy atom. The summed E-state index contributed by atoms with van der Waals surface area (Å²) in [5.74, 6) is 0.449. The van der Waals surface area contributed by atoms with Crippen LogP contribution >= 0.6 is 0 Å². The minimum absolute atomic E-state index is 0.000800. The number of alkyl halides is 3. The quantitative estimate of drug-likeness (QED) is 0.379. The second-order valence-corrected chi connectivity index (χ2v) is 10.8. The topological polar surface area (TPSA) is 100 Å². The fraction of sp³-hybridized carbons (Fsp3) is 0.355. The highest BCUT2D eigenvalue weighted by atomic mass is 19.4. The van der Waals surface area contributed by atoms with Gasteiger partial charge in [-0.05, 0) is 66.4 Å². The van der Waals surface area contributed by atoms with E-state index < -0.39 is 36.1 Å². The van der Waals surface area contributed by atoms with Crippen LogP contribution in [0.2, 0.25) is 0 Å². The number of amides is 3. The van der Waals surface area contributed by atoms with Crippen molar-refractivity contribution >= 4 is 23.3 Å². The van der Waals surface area contributed by atoms with Crippen LogP contribution in [-0.2, 0) is 28.7 Å². The molecule has 3 aromatic carbocycles. The predicted octanol–water partition coefficient (Wildman–Crippen LogP) is 5.32. The van der Waals surface area contributed by atoms with Gasteiger partial charge in [0.2, 0.25) is 5.91 Å². The van der Waals surface area contributed by atoms with Gasteiger partial charge in [-0.25, -0.2) is 4.79 Å². The Morgan fingerprint density at radius 3 is 2.43 bits per heavy atom. The number of carbonyl (C=O) groups is 2. The summed E-state index contributed by atoms with van der Waals surface area (Å²) in [6.45, 7) is 0.942. The number of nitrogens with one attached hydrogen (secondary N) is 2. The fourth-order valence-corrected chi connectivity index (χ4v) is 6.04. The zero-order chi connectivity index (χ0) is 29.4. The molecule has 0 radical (unpaired) electrons. The van der Waals surface area contributed by atoms with E-state index in [1.807, 2.05) is 23.1 Å². The Balaban J connectivity index is 1.11. The molecule has 3 amide bonds. The van der Waals surface area contributed by atoms with E-state index in [0.29, 0.717) is 30.9 Å². The van der Waals surface area contributed by atoms with Crippen LogP contribution < -0.4 is 15.4 Å². The third-order valence-electron chi connectivity index (χ3n) is 8.11. The van der Waals surface area contributed by atoms with Gasteiger partial charge in [0, 0.05) is 35.9 Å². The fourth-order valence-electron chi connectivity index (χ4n) is 6.04. The molecule has 3 aliphatic heterocycles. The van der Waals surface area contributed by atoms with E-state index in [0.717, 1.165) is 29.7 Å². The van der Waals surface area contributed by atoms with Crippen LogP contribution in [0.4, 0.5) is 29.3 Å². The molecule has 0 spiro atoms. The summed E-state index contributed by atoms with van der Waals surface area (Å²) in [6.07, 6.45) is -4.43. The van der Waals surface area contributed by atoms with E-state index in [1.165, 1.54) is 17.7 Å². The highest BCUT2D eigenvalue weighted by Gasteiger charge is 2.46. The number of rotatable bonds is 5. The first kappa shape index (κ1) is 28.0. The van der Waals surface area contributed by atoms with Crippen molar-refractivity contribution in [2.75, 3.05) is 23.8 Å². The van der Waals surface area contributed by atoms with Crippen molar-refractivity contribution in [1.29, 1.82) is 0 Å². The first-order valence-corrected chi connectivity index (χ1v) is 13.8. The van der Waals surface area contributed by atoms with E-state index in [2.05, 4.69) is 16.7 Å². The Bertz CT molecular complexity index is 1480. The number of aliphatic hydroxyl groups excluding tert-OH is 1. The minimum atomic E-state index is -4.46. The van der Waals surface area contributed by atoms with Gasteiger partial charge in [0.1, 0.15) is 18.0 Å². The van der Waals surface area contributed by atoms with E-state index in [9.17, 15) is 27.9 Å². The Labute approximate surface area is 240 Å². The number of hydrogen-bond donors (Lipinski definition) is 3. The van der Waals surface area contributed by atoms with E-state index in [4.69, 9.17) is 9.47 Å². The van der Waals surface area contributed by atoms with Gasteiger partial charge in [-0.1, -0.05) is 24.3 Å². The number of nitrogens with zero attached hydrogens (tertiary/aromatic N) is 1. The average molecular weight is 582 g/mol. The lowest BCUT2D eigenvalue weighted by Crippen LogP contribution is -2.48. The van der Waals surface area contributed by atoms with Gasteiger partial charge in [-0.15, -0.1) is 0 Å². The summed E-state index contributed by atoms with van der Waals surface area (Å²) >= 11 is 0. The lowest BCUT2D eigenvalue weighted by molar-refractivity contribution is -0.149. The second kappa shape index (κ2) is 11.3. The smallest absolute Gasteiger partial charge is 0.416 e. The number of aliphatic hydroxyl groups is 1.